The molecule has 22 heavy (non-hydrogen) atoms. The highest BCUT2D eigenvalue weighted by Crippen LogP contribution is 2.31. The standard InChI is InChI=1S/C12H14ClN3O5S/c13-9-5-4-8(7-11(9)16(18)19)22(20,21)15-6-2-1-3-10(15)12(14)17/h4-5,7,10H,1-3,6H2,(H2,14,17)/t10-/m1/s1. The van der Waals surface area contributed by atoms with Crippen molar-refractivity contribution in [3.8, 4) is 0 Å². The number of nitro benzene ring substituents is 1. The molecule has 1 fully saturated rings. The summed E-state index contributed by atoms with van der Waals surface area (Å²) in [6.07, 6.45) is 1.63. The van der Waals surface area contributed by atoms with Crippen LogP contribution >= 0.6 is 11.6 Å². The van der Waals surface area contributed by atoms with Gasteiger partial charge in [-0.15, -0.1) is 0 Å². The first-order chi connectivity index (χ1) is 10.2. The van der Waals surface area contributed by atoms with Crippen molar-refractivity contribution in [1.29, 1.82) is 0 Å². The Kier molecular flexibility index (Phi) is 4.69. The number of benzene rings is 1. The molecule has 10 heteroatoms. The van der Waals surface area contributed by atoms with Gasteiger partial charge in [0.15, 0.2) is 0 Å². The molecule has 1 aromatic rings. The average Bonchev–Trinajstić information content (AvgIpc) is 2.47. The first kappa shape index (κ1) is 16.7. The van der Waals surface area contributed by atoms with E-state index in [1.165, 1.54) is 6.07 Å². The third-order valence-electron chi connectivity index (χ3n) is 3.50. The molecule has 1 saturated heterocycles. The van der Waals surface area contributed by atoms with Crippen molar-refractivity contribution in [2.75, 3.05) is 6.54 Å². The van der Waals surface area contributed by atoms with Crippen LogP contribution < -0.4 is 5.73 Å². The molecule has 1 heterocycles. The highest BCUT2D eigenvalue weighted by atomic mass is 35.5. The van der Waals surface area contributed by atoms with Crippen LogP contribution in [0.15, 0.2) is 23.1 Å². The zero-order valence-corrected chi connectivity index (χ0v) is 13.0. The zero-order valence-electron chi connectivity index (χ0n) is 11.4. The van der Waals surface area contributed by atoms with E-state index in [-0.39, 0.29) is 16.5 Å². The second kappa shape index (κ2) is 6.19. The fourth-order valence-corrected chi connectivity index (χ4v) is 4.28. The molecule has 8 nitrogen and oxygen atoms in total. The van der Waals surface area contributed by atoms with Gasteiger partial charge in [-0.05, 0) is 25.0 Å². The van der Waals surface area contributed by atoms with Crippen LogP contribution in [0.3, 0.4) is 0 Å². The number of rotatable bonds is 4. The molecule has 0 spiro atoms. The summed E-state index contributed by atoms with van der Waals surface area (Å²) in [5.74, 6) is -0.730. The fraction of sp³-hybridized carbons (Fsp3) is 0.417. The van der Waals surface area contributed by atoms with Crippen LogP contribution in [0.5, 0.6) is 0 Å². The maximum atomic E-state index is 12.6. The summed E-state index contributed by atoms with van der Waals surface area (Å²) in [4.78, 5) is 21.3. The number of primary amides is 1. The van der Waals surface area contributed by atoms with E-state index < -0.39 is 32.6 Å². The maximum absolute atomic E-state index is 12.6. The van der Waals surface area contributed by atoms with Gasteiger partial charge in [-0.3, -0.25) is 14.9 Å². The molecule has 1 aromatic carbocycles. The molecule has 2 rings (SSSR count). The van der Waals surface area contributed by atoms with Crippen molar-refractivity contribution < 1.29 is 18.1 Å². The van der Waals surface area contributed by atoms with Crippen LogP contribution in [0.4, 0.5) is 5.69 Å². The van der Waals surface area contributed by atoms with Crippen LogP contribution in [0, 0.1) is 10.1 Å². The van der Waals surface area contributed by atoms with Crippen LogP contribution in [-0.4, -0.2) is 36.1 Å². The lowest BCUT2D eigenvalue weighted by atomic mass is 10.0. The van der Waals surface area contributed by atoms with E-state index in [2.05, 4.69) is 0 Å². The van der Waals surface area contributed by atoms with E-state index in [1.807, 2.05) is 0 Å². The molecule has 2 N–H and O–H groups in total. The molecule has 0 radical (unpaired) electrons. The van der Waals surface area contributed by atoms with E-state index in [9.17, 15) is 23.3 Å². The number of nitrogens with zero attached hydrogens (tertiary/aromatic N) is 2. The fourth-order valence-electron chi connectivity index (χ4n) is 2.41. The highest BCUT2D eigenvalue weighted by Gasteiger charge is 2.37. The Morgan fingerprint density at radius 1 is 1.41 bits per heavy atom. The lowest BCUT2D eigenvalue weighted by molar-refractivity contribution is -0.384. The predicted molar refractivity (Wildman–Crippen MR) is 78.8 cm³/mol. The van der Waals surface area contributed by atoms with E-state index in [0.29, 0.717) is 19.3 Å². The lowest BCUT2D eigenvalue weighted by Crippen LogP contribution is -2.50. The molecule has 120 valence electrons. The Morgan fingerprint density at radius 2 is 2.09 bits per heavy atom. The van der Waals surface area contributed by atoms with Crippen molar-refractivity contribution >= 4 is 33.2 Å². The van der Waals surface area contributed by atoms with Crippen molar-refractivity contribution in [2.24, 2.45) is 5.73 Å². The largest absolute Gasteiger partial charge is 0.368 e. The number of hydrogen-bond acceptors (Lipinski definition) is 5. The molecule has 1 amide bonds. The van der Waals surface area contributed by atoms with Gasteiger partial charge in [-0.2, -0.15) is 4.31 Å². The molecule has 0 aliphatic carbocycles. The quantitative estimate of drug-likeness (QED) is 0.649. The highest BCUT2D eigenvalue weighted by molar-refractivity contribution is 7.89. The number of carbonyl (C=O) groups excluding carboxylic acids is 1. The maximum Gasteiger partial charge on any atom is 0.289 e. The predicted octanol–water partition coefficient (Wildman–Crippen LogP) is 1.28. The van der Waals surface area contributed by atoms with Gasteiger partial charge in [-0.25, -0.2) is 8.42 Å². The third-order valence-corrected chi connectivity index (χ3v) is 5.73. The SMILES string of the molecule is NC(=O)[C@H]1CCCCN1S(=O)(=O)c1ccc(Cl)c([N+](=O)[O-])c1. The molecule has 0 unspecified atom stereocenters. The topological polar surface area (TPSA) is 124 Å². The van der Waals surface area contributed by atoms with Gasteiger partial charge in [0.05, 0.1) is 9.82 Å². The van der Waals surface area contributed by atoms with Crippen molar-refractivity contribution in [3.63, 3.8) is 0 Å². The Labute approximate surface area is 132 Å². The van der Waals surface area contributed by atoms with Gasteiger partial charge in [0.1, 0.15) is 11.1 Å². The Bertz CT molecular complexity index is 721. The monoisotopic (exact) mass is 347 g/mol. The Morgan fingerprint density at radius 3 is 2.68 bits per heavy atom. The van der Waals surface area contributed by atoms with E-state index in [0.717, 1.165) is 16.4 Å². The second-order valence-corrected chi connectivity index (χ2v) is 7.20. The van der Waals surface area contributed by atoms with Gasteiger partial charge in [0.2, 0.25) is 15.9 Å². The molecular formula is C12H14ClN3O5S. The molecule has 1 aliphatic heterocycles. The number of nitro groups is 1. The van der Waals surface area contributed by atoms with Crippen LogP contribution in [0.1, 0.15) is 19.3 Å². The summed E-state index contributed by atoms with van der Waals surface area (Å²) in [5.41, 5.74) is 4.76. The first-order valence-corrected chi connectivity index (χ1v) is 8.32. The van der Waals surface area contributed by atoms with Gasteiger partial charge in [-0.1, -0.05) is 18.0 Å². The average molecular weight is 348 g/mol. The summed E-state index contributed by atoms with van der Waals surface area (Å²) in [7, 11) is -4.06. The molecule has 1 aliphatic rings. The molecule has 0 aromatic heterocycles. The van der Waals surface area contributed by atoms with Crippen LogP contribution in [-0.2, 0) is 14.8 Å². The number of nitrogens with two attached hydrogens (primary N) is 1. The summed E-state index contributed by atoms with van der Waals surface area (Å²) in [6, 6.07) is 2.28. The lowest BCUT2D eigenvalue weighted by Gasteiger charge is -2.32. The van der Waals surface area contributed by atoms with E-state index in [1.54, 1.807) is 0 Å². The van der Waals surface area contributed by atoms with Crippen molar-refractivity contribution in [3.05, 3.63) is 33.3 Å². The Hall–Kier alpha value is -1.71. The molecule has 0 bridgehead atoms. The molecule has 0 saturated carbocycles. The van der Waals surface area contributed by atoms with Gasteiger partial charge >= 0.3 is 0 Å². The number of piperidine rings is 1. The first-order valence-electron chi connectivity index (χ1n) is 6.50. The molecular weight excluding hydrogens is 334 g/mol. The Balaban J connectivity index is 2.47. The molecule has 1 atom stereocenters. The number of amides is 1. The van der Waals surface area contributed by atoms with Crippen molar-refractivity contribution in [1.82, 2.24) is 4.31 Å². The summed E-state index contributed by atoms with van der Waals surface area (Å²) < 4.78 is 26.3. The summed E-state index contributed by atoms with van der Waals surface area (Å²) >= 11 is 5.68. The minimum atomic E-state index is -4.06. The van der Waals surface area contributed by atoms with Crippen molar-refractivity contribution in [2.45, 2.75) is 30.2 Å². The van der Waals surface area contributed by atoms with Crippen LogP contribution in [0.2, 0.25) is 5.02 Å². The zero-order chi connectivity index (χ0) is 16.5. The third kappa shape index (κ3) is 3.06. The van der Waals surface area contributed by atoms with E-state index in [4.69, 9.17) is 17.3 Å². The second-order valence-electron chi connectivity index (χ2n) is 4.90. The minimum absolute atomic E-state index is 0.145. The minimum Gasteiger partial charge on any atom is -0.368 e. The summed E-state index contributed by atoms with van der Waals surface area (Å²) in [5, 5.41) is 10.7. The number of sulfonamides is 1. The van der Waals surface area contributed by atoms with Gasteiger partial charge in [0.25, 0.3) is 5.69 Å². The van der Waals surface area contributed by atoms with Crippen LogP contribution in [0.25, 0.3) is 0 Å². The van der Waals surface area contributed by atoms with E-state index >= 15 is 0 Å². The van der Waals surface area contributed by atoms with Gasteiger partial charge < -0.3 is 5.73 Å². The summed E-state index contributed by atoms with van der Waals surface area (Å²) in [6.45, 7) is 0.145. The number of carbonyl (C=O) groups is 1. The number of hydrogen-bond donors (Lipinski definition) is 1. The number of halogens is 1. The van der Waals surface area contributed by atoms with Gasteiger partial charge in [0, 0.05) is 12.6 Å². The smallest absolute Gasteiger partial charge is 0.289 e. The normalized spacial score (nSPS) is 19.8.